The van der Waals surface area contributed by atoms with Crippen molar-refractivity contribution < 1.29 is 14.6 Å². The van der Waals surface area contributed by atoms with Gasteiger partial charge in [-0.05, 0) is 12.1 Å². The van der Waals surface area contributed by atoms with Gasteiger partial charge in [0.25, 0.3) is 5.91 Å². The van der Waals surface area contributed by atoms with E-state index in [9.17, 15) is 9.90 Å². The summed E-state index contributed by atoms with van der Waals surface area (Å²) >= 11 is 0. The number of carbonyl (C=O) groups is 1. The Hall–Kier alpha value is -1.50. The Labute approximate surface area is 98.8 Å². The average Bonchev–Trinajstić information content (AvgIpc) is 2.68. The molecule has 3 atom stereocenters. The van der Waals surface area contributed by atoms with Crippen molar-refractivity contribution in [3.8, 4) is 0 Å². The van der Waals surface area contributed by atoms with E-state index < -0.39 is 12.2 Å². The summed E-state index contributed by atoms with van der Waals surface area (Å²) < 4.78 is 5.26. The van der Waals surface area contributed by atoms with E-state index in [1.165, 1.54) is 0 Å². The van der Waals surface area contributed by atoms with E-state index >= 15 is 0 Å². The third-order valence-electron chi connectivity index (χ3n) is 2.73. The predicted octanol–water partition coefficient (Wildman–Crippen LogP) is -1.10. The van der Waals surface area contributed by atoms with Crippen molar-refractivity contribution in [3.05, 3.63) is 30.1 Å². The van der Waals surface area contributed by atoms with Gasteiger partial charge < -0.3 is 20.9 Å². The maximum absolute atomic E-state index is 11.7. The molecule has 1 saturated heterocycles. The molecule has 1 aliphatic heterocycles. The summed E-state index contributed by atoms with van der Waals surface area (Å²) in [5, 5.41) is 12.3. The van der Waals surface area contributed by atoms with Crippen LogP contribution in [-0.4, -0.2) is 47.4 Å². The highest BCUT2D eigenvalue weighted by molar-refractivity contribution is 5.93. The van der Waals surface area contributed by atoms with Crippen LogP contribution in [0.25, 0.3) is 0 Å². The summed E-state index contributed by atoms with van der Waals surface area (Å²) in [5.74, 6) is -0.219. The molecule has 1 aromatic rings. The molecular formula is C11H15N3O3. The smallest absolute Gasteiger partial charge is 0.251 e. The molecule has 6 heteroatoms. The van der Waals surface area contributed by atoms with Crippen molar-refractivity contribution in [2.24, 2.45) is 5.73 Å². The van der Waals surface area contributed by atoms with Crippen molar-refractivity contribution in [1.29, 1.82) is 0 Å². The van der Waals surface area contributed by atoms with E-state index in [2.05, 4.69) is 10.3 Å². The first kappa shape index (κ1) is 12.0. The fourth-order valence-corrected chi connectivity index (χ4v) is 1.69. The van der Waals surface area contributed by atoms with Gasteiger partial charge in [-0.3, -0.25) is 9.78 Å². The molecule has 0 spiro atoms. The van der Waals surface area contributed by atoms with Crippen LogP contribution in [0.2, 0.25) is 0 Å². The van der Waals surface area contributed by atoms with Crippen molar-refractivity contribution in [2.75, 3.05) is 13.2 Å². The quantitative estimate of drug-likeness (QED) is 0.620. The van der Waals surface area contributed by atoms with Crippen molar-refractivity contribution in [3.63, 3.8) is 0 Å². The SMILES string of the molecule is N[C@@H]1CO[C@H](CNC(=O)c2ccncc2)[C@H]1O. The summed E-state index contributed by atoms with van der Waals surface area (Å²) in [4.78, 5) is 15.5. The summed E-state index contributed by atoms with van der Waals surface area (Å²) in [6.07, 6.45) is 1.93. The van der Waals surface area contributed by atoms with Gasteiger partial charge in [0.1, 0.15) is 6.10 Å². The molecule has 0 bridgehead atoms. The van der Waals surface area contributed by atoms with Gasteiger partial charge in [-0.15, -0.1) is 0 Å². The van der Waals surface area contributed by atoms with Crippen LogP contribution in [0.1, 0.15) is 10.4 Å². The number of rotatable bonds is 3. The van der Waals surface area contributed by atoms with Crippen molar-refractivity contribution in [1.82, 2.24) is 10.3 Å². The van der Waals surface area contributed by atoms with E-state index in [0.29, 0.717) is 12.2 Å². The standard InChI is InChI=1S/C11H15N3O3/c12-8-6-17-9(10(8)15)5-14-11(16)7-1-3-13-4-2-7/h1-4,8-10,15H,5-6,12H2,(H,14,16)/t8-,9-,10+/m1/s1. The predicted molar refractivity (Wildman–Crippen MR) is 60.3 cm³/mol. The maximum Gasteiger partial charge on any atom is 0.251 e. The number of carbonyl (C=O) groups excluding carboxylic acids is 1. The van der Waals surface area contributed by atoms with Gasteiger partial charge in [0.05, 0.1) is 18.8 Å². The van der Waals surface area contributed by atoms with Crippen LogP contribution in [0.5, 0.6) is 0 Å². The number of ether oxygens (including phenoxy) is 1. The molecule has 1 aliphatic rings. The molecule has 0 aromatic carbocycles. The lowest BCUT2D eigenvalue weighted by Crippen LogP contribution is -2.42. The molecule has 1 aromatic heterocycles. The normalized spacial score (nSPS) is 28.0. The summed E-state index contributed by atoms with van der Waals surface area (Å²) in [6.45, 7) is 0.562. The number of pyridine rings is 1. The second-order valence-corrected chi connectivity index (χ2v) is 3.97. The number of nitrogens with one attached hydrogen (secondary N) is 1. The summed E-state index contributed by atoms with van der Waals surface area (Å²) in [7, 11) is 0. The largest absolute Gasteiger partial charge is 0.389 e. The molecule has 0 radical (unpaired) electrons. The zero-order valence-electron chi connectivity index (χ0n) is 9.24. The number of aliphatic hydroxyl groups excluding tert-OH is 1. The lowest BCUT2D eigenvalue weighted by molar-refractivity contribution is 0.0407. The fourth-order valence-electron chi connectivity index (χ4n) is 1.69. The monoisotopic (exact) mass is 237 g/mol. The Morgan fingerprint density at radius 3 is 2.88 bits per heavy atom. The number of aromatic nitrogens is 1. The second-order valence-electron chi connectivity index (χ2n) is 3.97. The van der Waals surface area contributed by atoms with E-state index in [1.54, 1.807) is 24.5 Å². The Bertz CT molecular complexity index is 385. The first-order chi connectivity index (χ1) is 8.18. The van der Waals surface area contributed by atoms with Crippen molar-refractivity contribution in [2.45, 2.75) is 18.2 Å². The molecule has 92 valence electrons. The van der Waals surface area contributed by atoms with Crippen LogP contribution >= 0.6 is 0 Å². The van der Waals surface area contributed by atoms with Gasteiger partial charge in [0.15, 0.2) is 0 Å². The van der Waals surface area contributed by atoms with E-state index in [4.69, 9.17) is 10.5 Å². The molecule has 0 unspecified atom stereocenters. The zero-order valence-corrected chi connectivity index (χ0v) is 9.24. The molecule has 1 fully saturated rings. The minimum Gasteiger partial charge on any atom is -0.389 e. The van der Waals surface area contributed by atoms with Crippen LogP contribution in [0.15, 0.2) is 24.5 Å². The van der Waals surface area contributed by atoms with Gasteiger partial charge in [-0.1, -0.05) is 0 Å². The van der Waals surface area contributed by atoms with Crippen molar-refractivity contribution >= 4 is 5.91 Å². The molecular weight excluding hydrogens is 222 g/mol. The number of aliphatic hydroxyl groups is 1. The highest BCUT2D eigenvalue weighted by Gasteiger charge is 2.33. The first-order valence-electron chi connectivity index (χ1n) is 5.42. The molecule has 6 nitrogen and oxygen atoms in total. The van der Waals surface area contributed by atoms with Gasteiger partial charge >= 0.3 is 0 Å². The summed E-state index contributed by atoms with van der Waals surface area (Å²) in [6, 6.07) is 2.86. The molecule has 2 rings (SSSR count). The van der Waals surface area contributed by atoms with Crippen LogP contribution in [0.4, 0.5) is 0 Å². The minimum absolute atomic E-state index is 0.219. The lowest BCUT2D eigenvalue weighted by Gasteiger charge is -2.15. The van der Waals surface area contributed by atoms with Crippen LogP contribution < -0.4 is 11.1 Å². The molecule has 17 heavy (non-hydrogen) atoms. The van der Waals surface area contributed by atoms with E-state index in [0.717, 1.165) is 0 Å². The Morgan fingerprint density at radius 2 is 2.29 bits per heavy atom. The highest BCUT2D eigenvalue weighted by Crippen LogP contribution is 2.11. The number of hydrogen-bond acceptors (Lipinski definition) is 5. The Balaban J connectivity index is 1.85. The third kappa shape index (κ3) is 2.79. The van der Waals surface area contributed by atoms with Gasteiger partial charge in [0, 0.05) is 24.5 Å². The van der Waals surface area contributed by atoms with Crippen LogP contribution in [-0.2, 0) is 4.74 Å². The topological polar surface area (TPSA) is 97.5 Å². The number of hydrogen-bond donors (Lipinski definition) is 3. The molecule has 1 amide bonds. The van der Waals surface area contributed by atoms with Gasteiger partial charge in [-0.25, -0.2) is 0 Å². The Kier molecular flexibility index (Phi) is 3.68. The Morgan fingerprint density at radius 1 is 1.59 bits per heavy atom. The zero-order chi connectivity index (χ0) is 12.3. The van der Waals surface area contributed by atoms with Crippen LogP contribution in [0.3, 0.4) is 0 Å². The average molecular weight is 237 g/mol. The fraction of sp³-hybridized carbons (Fsp3) is 0.455. The summed E-state index contributed by atoms with van der Waals surface area (Å²) in [5.41, 5.74) is 6.11. The number of amides is 1. The maximum atomic E-state index is 11.7. The highest BCUT2D eigenvalue weighted by atomic mass is 16.5. The number of nitrogens with zero attached hydrogens (tertiary/aromatic N) is 1. The number of nitrogens with two attached hydrogens (primary N) is 1. The lowest BCUT2D eigenvalue weighted by atomic mass is 10.1. The molecule has 0 aliphatic carbocycles. The van der Waals surface area contributed by atoms with Gasteiger partial charge in [-0.2, -0.15) is 0 Å². The van der Waals surface area contributed by atoms with E-state index in [-0.39, 0.29) is 18.5 Å². The second kappa shape index (κ2) is 5.22. The first-order valence-corrected chi connectivity index (χ1v) is 5.42. The molecule has 2 heterocycles. The third-order valence-corrected chi connectivity index (χ3v) is 2.73. The van der Waals surface area contributed by atoms with Gasteiger partial charge in [0.2, 0.25) is 0 Å². The molecule has 0 saturated carbocycles. The van der Waals surface area contributed by atoms with Crippen LogP contribution in [0, 0.1) is 0 Å². The minimum atomic E-state index is -0.729. The van der Waals surface area contributed by atoms with E-state index in [1.807, 2.05) is 0 Å². The molecule has 4 N–H and O–H groups in total.